The van der Waals surface area contributed by atoms with Crippen molar-refractivity contribution in [2.75, 3.05) is 64.4 Å². The van der Waals surface area contributed by atoms with Crippen molar-refractivity contribution in [3.8, 4) is 5.75 Å². The molecule has 11 heteroatoms. The second kappa shape index (κ2) is 14.2. The van der Waals surface area contributed by atoms with Gasteiger partial charge >= 0.3 is 0 Å². The van der Waals surface area contributed by atoms with Gasteiger partial charge in [-0.05, 0) is 124 Å². The average Bonchev–Trinajstić information content (AvgIpc) is 3.53. The maximum atomic E-state index is 13.6. The number of nitrogens with one attached hydrogen (secondary N) is 1. The van der Waals surface area contributed by atoms with E-state index in [0.29, 0.717) is 30.6 Å². The molecule has 2 aliphatic carbocycles. The number of halogens is 1. The van der Waals surface area contributed by atoms with E-state index in [1.165, 1.54) is 30.5 Å². The Kier molecular flexibility index (Phi) is 9.94. The molecule has 3 fully saturated rings. The van der Waals surface area contributed by atoms with Crippen LogP contribution in [0.4, 0.5) is 5.69 Å². The SMILES string of the molecule is CO[C@@]1(CN2CCN3CCC[C@@H]3C2)/C=C\C[C@H](C)[C@@H](C)S(=O)(=O)NC(=O)c2ccc3c(c2)N(C[C@@H]2CC[C@H]21)C[C@@]1(CCCc2cc(Cl)ccc21)CO3. The number of sulfonamides is 1. The van der Waals surface area contributed by atoms with E-state index < -0.39 is 26.8 Å². The molecule has 7 atom stereocenters. The second-order valence-electron chi connectivity index (χ2n) is 16.8. The van der Waals surface area contributed by atoms with Crippen molar-refractivity contribution in [2.45, 2.75) is 87.5 Å². The van der Waals surface area contributed by atoms with Crippen molar-refractivity contribution in [2.24, 2.45) is 17.8 Å². The highest BCUT2D eigenvalue weighted by Gasteiger charge is 2.50. The van der Waals surface area contributed by atoms with Crippen LogP contribution in [0.5, 0.6) is 5.75 Å². The summed E-state index contributed by atoms with van der Waals surface area (Å²) in [6.07, 6.45) is 12.7. The van der Waals surface area contributed by atoms with E-state index in [1.807, 2.05) is 32.2 Å². The van der Waals surface area contributed by atoms with E-state index in [4.69, 9.17) is 21.1 Å². The van der Waals surface area contributed by atoms with Crippen LogP contribution in [0.15, 0.2) is 48.6 Å². The molecular weight excluding hydrogens is 696 g/mol. The normalized spacial score (nSPS) is 35.7. The molecule has 2 bridgehead atoms. The van der Waals surface area contributed by atoms with Crippen LogP contribution in [-0.4, -0.2) is 101 Å². The molecule has 4 aliphatic heterocycles. The fourth-order valence-corrected chi connectivity index (χ4v) is 11.8. The van der Waals surface area contributed by atoms with Crippen molar-refractivity contribution in [1.82, 2.24) is 14.5 Å². The first-order chi connectivity index (χ1) is 25.0. The molecule has 0 radical (unpaired) electrons. The number of piperazine rings is 1. The maximum absolute atomic E-state index is 13.6. The van der Waals surface area contributed by atoms with Gasteiger partial charge in [0.1, 0.15) is 11.4 Å². The third kappa shape index (κ3) is 6.69. The Hall–Kier alpha value is -2.63. The number of allylic oxidation sites excluding steroid dienone is 1. The fourth-order valence-electron chi connectivity index (χ4n) is 10.4. The van der Waals surface area contributed by atoms with E-state index in [0.717, 1.165) is 87.8 Å². The van der Waals surface area contributed by atoms with Gasteiger partial charge in [0, 0.05) is 68.4 Å². The third-order valence-electron chi connectivity index (χ3n) is 13.8. The van der Waals surface area contributed by atoms with Crippen LogP contribution in [0.3, 0.4) is 0 Å². The summed E-state index contributed by atoms with van der Waals surface area (Å²) in [5, 5.41) is -0.0122. The van der Waals surface area contributed by atoms with Gasteiger partial charge in [-0.1, -0.05) is 36.7 Å². The van der Waals surface area contributed by atoms with Crippen LogP contribution in [0.2, 0.25) is 5.02 Å². The number of benzene rings is 2. The van der Waals surface area contributed by atoms with Crippen LogP contribution in [-0.2, 0) is 26.6 Å². The number of carbonyl (C=O) groups is 1. The van der Waals surface area contributed by atoms with Crippen molar-refractivity contribution in [3.05, 3.63) is 70.3 Å². The van der Waals surface area contributed by atoms with Gasteiger partial charge in [-0.15, -0.1) is 0 Å². The first kappa shape index (κ1) is 36.4. The molecule has 9 nitrogen and oxygen atoms in total. The van der Waals surface area contributed by atoms with Crippen molar-refractivity contribution in [3.63, 3.8) is 0 Å². The highest BCUT2D eigenvalue weighted by molar-refractivity contribution is 7.90. The van der Waals surface area contributed by atoms with Crippen LogP contribution < -0.4 is 14.4 Å². The topological polar surface area (TPSA) is 91.4 Å². The molecule has 1 spiro atoms. The predicted octanol–water partition coefficient (Wildman–Crippen LogP) is 6.05. The minimum Gasteiger partial charge on any atom is -0.490 e. The largest absolute Gasteiger partial charge is 0.490 e. The van der Waals surface area contributed by atoms with Crippen molar-refractivity contribution < 1.29 is 22.7 Å². The molecule has 2 aromatic carbocycles. The number of rotatable bonds is 3. The lowest BCUT2D eigenvalue weighted by Crippen LogP contribution is -2.60. The van der Waals surface area contributed by atoms with Gasteiger partial charge in [-0.2, -0.15) is 0 Å². The summed E-state index contributed by atoms with van der Waals surface area (Å²) in [4.78, 5) is 21.4. The molecule has 0 aromatic heterocycles. The van der Waals surface area contributed by atoms with Crippen LogP contribution in [0.25, 0.3) is 0 Å². The molecule has 1 amide bonds. The van der Waals surface area contributed by atoms with E-state index >= 15 is 0 Å². The fraction of sp³-hybridized carbons (Fsp3) is 0.634. The summed E-state index contributed by atoms with van der Waals surface area (Å²) in [5.74, 6) is 0.554. The Morgan fingerprint density at radius 1 is 1.04 bits per heavy atom. The second-order valence-corrected chi connectivity index (χ2v) is 19.2. The number of methoxy groups -OCH3 is 1. The van der Waals surface area contributed by atoms with Gasteiger partial charge in [-0.25, -0.2) is 13.1 Å². The monoisotopic (exact) mass is 750 g/mol. The predicted molar refractivity (Wildman–Crippen MR) is 206 cm³/mol. The van der Waals surface area contributed by atoms with Gasteiger partial charge in [-0.3, -0.25) is 14.6 Å². The Morgan fingerprint density at radius 3 is 2.71 bits per heavy atom. The number of hydrogen-bond acceptors (Lipinski definition) is 8. The van der Waals surface area contributed by atoms with E-state index in [2.05, 4.69) is 43.7 Å². The summed E-state index contributed by atoms with van der Waals surface area (Å²) in [7, 11) is -2.07. The van der Waals surface area contributed by atoms with E-state index in [1.54, 1.807) is 13.0 Å². The van der Waals surface area contributed by atoms with Crippen molar-refractivity contribution in [1.29, 1.82) is 0 Å². The van der Waals surface area contributed by atoms with Crippen LogP contribution in [0.1, 0.15) is 80.3 Å². The Morgan fingerprint density at radius 2 is 1.90 bits per heavy atom. The lowest BCUT2D eigenvalue weighted by atomic mass is 9.63. The lowest BCUT2D eigenvalue weighted by Gasteiger charge is -2.52. The van der Waals surface area contributed by atoms with Crippen LogP contribution >= 0.6 is 11.6 Å². The van der Waals surface area contributed by atoms with Gasteiger partial charge in [0.05, 0.1) is 17.5 Å². The van der Waals surface area contributed by atoms with Gasteiger partial charge in [0.2, 0.25) is 10.0 Å². The summed E-state index contributed by atoms with van der Waals surface area (Å²) >= 11 is 6.51. The molecule has 1 saturated carbocycles. The van der Waals surface area contributed by atoms with Gasteiger partial charge < -0.3 is 14.4 Å². The summed E-state index contributed by atoms with van der Waals surface area (Å²) in [6.45, 7) is 10.9. The maximum Gasteiger partial charge on any atom is 0.264 e. The quantitative estimate of drug-likeness (QED) is 0.380. The minimum atomic E-state index is -3.94. The van der Waals surface area contributed by atoms with Crippen molar-refractivity contribution >= 4 is 33.2 Å². The molecule has 8 rings (SSSR count). The molecule has 4 heterocycles. The highest BCUT2D eigenvalue weighted by Crippen LogP contribution is 2.49. The number of carbonyl (C=O) groups excluding carboxylic acids is 1. The minimum absolute atomic E-state index is 0.205. The highest BCUT2D eigenvalue weighted by atomic mass is 35.5. The average molecular weight is 751 g/mol. The Balaban J connectivity index is 1.19. The Bertz CT molecular complexity index is 1820. The summed E-state index contributed by atoms with van der Waals surface area (Å²) in [6, 6.07) is 12.3. The zero-order valence-corrected chi connectivity index (χ0v) is 32.6. The Labute approximate surface area is 315 Å². The summed E-state index contributed by atoms with van der Waals surface area (Å²) in [5.41, 5.74) is 2.98. The summed E-state index contributed by atoms with van der Waals surface area (Å²) < 4.78 is 43.1. The number of nitrogens with zero attached hydrogens (tertiary/aromatic N) is 3. The molecule has 52 heavy (non-hydrogen) atoms. The van der Waals surface area contributed by atoms with E-state index in [9.17, 15) is 13.2 Å². The van der Waals surface area contributed by atoms with Gasteiger partial charge in [0.25, 0.3) is 5.91 Å². The molecule has 282 valence electrons. The molecule has 2 saturated heterocycles. The van der Waals surface area contributed by atoms with E-state index in [-0.39, 0.29) is 17.3 Å². The number of amides is 1. The van der Waals surface area contributed by atoms with Crippen LogP contribution in [0, 0.1) is 17.8 Å². The zero-order chi connectivity index (χ0) is 36.3. The van der Waals surface area contributed by atoms with Gasteiger partial charge in [0.15, 0.2) is 0 Å². The molecule has 6 aliphatic rings. The standard InChI is InChI=1S/C41H55ClN4O5S/c1-28-7-4-17-41(50-3,26-44-19-20-45-18-6-9-34(45)24-44)36-13-10-32(36)23-46-25-40(16-5-8-30-21-33(42)12-14-35(30)40)27-51-38-15-11-31(22-37(38)46)39(47)43-52(48,49)29(28)2/h4,11-12,14-15,17,21-22,28-29,32,34,36H,5-10,13,16,18-20,23-27H2,1-3H3,(H,43,47)/b17-4-/t28-,29+,32-,34+,36+,40-,41+/m0/s1. The molecule has 0 unspecified atom stereocenters. The zero-order valence-electron chi connectivity index (χ0n) is 31.0. The molecular formula is C41H55ClN4O5S. The lowest BCUT2D eigenvalue weighted by molar-refractivity contribution is -0.0974. The number of anilines is 1. The third-order valence-corrected chi connectivity index (χ3v) is 15.9. The first-order valence-electron chi connectivity index (χ1n) is 19.6. The smallest absolute Gasteiger partial charge is 0.264 e. The number of aryl methyl sites for hydroxylation is 1. The molecule has 2 aromatic rings. The number of fused-ring (bicyclic) bond motifs is 5. The number of ether oxygens (including phenoxy) is 2. The molecule has 1 N–H and O–H groups in total. The number of hydrogen-bond donors (Lipinski definition) is 1. The first-order valence-corrected chi connectivity index (χ1v) is 21.5.